The van der Waals surface area contributed by atoms with Crippen LogP contribution in [0.5, 0.6) is 0 Å². The highest BCUT2D eigenvalue weighted by atomic mass is 16.8. The fourth-order valence-electron chi connectivity index (χ4n) is 8.82. The van der Waals surface area contributed by atoms with Gasteiger partial charge in [0.15, 0.2) is 49.6 Å². The van der Waals surface area contributed by atoms with Crippen molar-refractivity contribution in [3.63, 3.8) is 0 Å². The van der Waals surface area contributed by atoms with Crippen LogP contribution < -0.4 is 0 Å². The van der Waals surface area contributed by atoms with E-state index in [1.165, 1.54) is 0 Å². The topological polar surface area (TPSA) is 163 Å². The maximum Gasteiger partial charge on any atom is 0.509 e. The molecule has 0 N–H and O–H groups in total. The van der Waals surface area contributed by atoms with E-state index in [1.807, 2.05) is 105 Å². The van der Waals surface area contributed by atoms with Gasteiger partial charge in [-0.15, -0.1) is 0 Å². The molecule has 0 radical (unpaired) electrons. The third-order valence-electron chi connectivity index (χ3n) is 12.0. The molecule has 7 heterocycles. The summed E-state index contributed by atoms with van der Waals surface area (Å²) in [5.41, 5.74) is 2.58. The van der Waals surface area contributed by atoms with Crippen molar-refractivity contribution in [3.05, 3.63) is 108 Å². The molecular weight excluding hydrogens is 772 g/mol. The Hall–Kier alpha value is -4.20. The maximum absolute atomic E-state index is 12.7. The molecule has 3 aromatic carbocycles. The van der Waals surface area contributed by atoms with Crippen LogP contribution in [0, 0.1) is 5.92 Å². The predicted molar refractivity (Wildman–Crippen MR) is 197 cm³/mol. The standard InChI is InChI=1S/C43H46O16/c1-22-23(2)50-27(19-49-40-36-34(56-42(44)58-36)32-28(51-40)20-47-38(54-32)25-14-8-4-9-15-25)31(46-18-24-12-6-3-7-13-24)30(22)53-41-37-35(57-43(45)59-37)33-29(52-41)21-48-39(55-33)26-16-10-5-11-17-26/h3-17,22-23,27-41H,18-21H2,1-2H3/t22?,23-,27?,28?,29?,30+,31?,32+,33+,34-,35-,36?,37?,38?,39?,40-,41+/m0/s1. The molecule has 17 atom stereocenters. The van der Waals surface area contributed by atoms with Crippen LogP contribution >= 0.6 is 0 Å². The van der Waals surface area contributed by atoms with E-state index in [4.69, 9.17) is 66.3 Å². The van der Waals surface area contributed by atoms with E-state index in [0.717, 1.165) is 16.7 Å². The van der Waals surface area contributed by atoms with Crippen molar-refractivity contribution >= 4 is 12.3 Å². The van der Waals surface area contributed by atoms with E-state index in [-0.39, 0.29) is 38.4 Å². The number of carbonyl (C=O) groups is 2. The van der Waals surface area contributed by atoms with Crippen LogP contribution in [0.4, 0.5) is 9.59 Å². The van der Waals surface area contributed by atoms with Gasteiger partial charge in [0.05, 0.1) is 38.6 Å². The van der Waals surface area contributed by atoms with Gasteiger partial charge in [0, 0.05) is 17.0 Å². The SMILES string of the molecule is CC1[C@@H](O[C@H]2OC3COC(c4ccccc4)O[C@H]3[C@@H]3OC(=O)OC23)C(OCc2ccccc2)C(CO[C@H]2OC3COC(c4ccccc4)O[C@H]3[C@@H]3OC(=O)OC23)O[C@H]1C. The third kappa shape index (κ3) is 7.83. The molecule has 314 valence electrons. The Bertz CT molecular complexity index is 1910. The van der Waals surface area contributed by atoms with Crippen LogP contribution in [0.3, 0.4) is 0 Å². The molecule has 0 bridgehead atoms. The molecule has 16 heteroatoms. The molecule has 0 aromatic heterocycles. The second kappa shape index (κ2) is 16.7. The molecule has 3 aromatic rings. The van der Waals surface area contributed by atoms with Gasteiger partial charge in [-0.25, -0.2) is 9.59 Å². The van der Waals surface area contributed by atoms with E-state index in [0.29, 0.717) is 0 Å². The summed E-state index contributed by atoms with van der Waals surface area (Å²) < 4.78 is 86.8. The molecule has 0 amide bonds. The summed E-state index contributed by atoms with van der Waals surface area (Å²) in [7, 11) is 0. The molecule has 0 aliphatic carbocycles. The second-order valence-electron chi connectivity index (χ2n) is 15.7. The molecule has 10 rings (SSSR count). The minimum atomic E-state index is -1.06. The van der Waals surface area contributed by atoms with Crippen LogP contribution in [-0.4, -0.2) is 118 Å². The first-order valence-electron chi connectivity index (χ1n) is 20.1. The average molecular weight is 819 g/mol. The number of hydrogen-bond acceptors (Lipinski definition) is 16. The number of carbonyl (C=O) groups excluding carboxylic acids is 2. The van der Waals surface area contributed by atoms with E-state index < -0.39 is 105 Å². The lowest BCUT2D eigenvalue weighted by Crippen LogP contribution is -2.64. The fraction of sp³-hybridized carbons (Fsp3) is 0.535. The number of ether oxygens (including phenoxy) is 14. The van der Waals surface area contributed by atoms with Gasteiger partial charge in [-0.2, -0.15) is 0 Å². The summed E-state index contributed by atoms with van der Waals surface area (Å²) in [6.45, 7) is 4.46. The highest BCUT2D eigenvalue weighted by Crippen LogP contribution is 2.43. The Morgan fingerprint density at radius 3 is 1.63 bits per heavy atom. The first-order valence-corrected chi connectivity index (χ1v) is 20.1. The van der Waals surface area contributed by atoms with Crippen LogP contribution in [0.15, 0.2) is 91.0 Å². The van der Waals surface area contributed by atoms with Crippen molar-refractivity contribution < 1.29 is 75.9 Å². The minimum Gasteiger partial charge on any atom is -0.424 e. The van der Waals surface area contributed by atoms with Gasteiger partial charge in [0.2, 0.25) is 0 Å². The van der Waals surface area contributed by atoms with Gasteiger partial charge in [0.25, 0.3) is 0 Å². The third-order valence-corrected chi connectivity index (χ3v) is 12.0. The van der Waals surface area contributed by atoms with Crippen LogP contribution in [0.2, 0.25) is 0 Å². The summed E-state index contributed by atoms with van der Waals surface area (Å²) in [6.07, 6.45) is -13.6. The molecular formula is C43H46O16. The Labute approximate surface area is 340 Å². The molecule has 7 aliphatic heterocycles. The zero-order valence-corrected chi connectivity index (χ0v) is 32.3. The van der Waals surface area contributed by atoms with E-state index in [2.05, 4.69) is 0 Å². The molecule has 7 saturated heterocycles. The van der Waals surface area contributed by atoms with E-state index in [9.17, 15) is 9.59 Å². The molecule has 9 unspecified atom stereocenters. The normalized spacial score (nSPS) is 41.2. The van der Waals surface area contributed by atoms with Crippen molar-refractivity contribution in [1.29, 1.82) is 0 Å². The molecule has 59 heavy (non-hydrogen) atoms. The summed E-state index contributed by atoms with van der Waals surface area (Å²) >= 11 is 0. The Balaban J connectivity index is 0.868. The van der Waals surface area contributed by atoms with Crippen molar-refractivity contribution in [3.8, 4) is 0 Å². The molecule has 0 saturated carbocycles. The highest BCUT2D eigenvalue weighted by molar-refractivity contribution is 5.63. The average Bonchev–Trinajstić information content (AvgIpc) is 3.87. The second-order valence-corrected chi connectivity index (χ2v) is 15.7. The molecule has 7 fully saturated rings. The van der Waals surface area contributed by atoms with Crippen LogP contribution in [-0.2, 0) is 72.9 Å². The first kappa shape index (κ1) is 39.0. The summed E-state index contributed by atoms with van der Waals surface area (Å²) in [5, 5.41) is 0. The van der Waals surface area contributed by atoms with Crippen molar-refractivity contribution in [1.82, 2.24) is 0 Å². The first-order chi connectivity index (χ1) is 28.9. The van der Waals surface area contributed by atoms with E-state index >= 15 is 0 Å². The largest absolute Gasteiger partial charge is 0.509 e. The monoisotopic (exact) mass is 818 g/mol. The molecule has 0 spiro atoms. The van der Waals surface area contributed by atoms with Gasteiger partial charge in [-0.1, -0.05) is 97.9 Å². The molecule has 16 nitrogen and oxygen atoms in total. The van der Waals surface area contributed by atoms with Gasteiger partial charge in [-0.3, -0.25) is 0 Å². The number of rotatable bonds is 10. The van der Waals surface area contributed by atoms with Gasteiger partial charge >= 0.3 is 12.3 Å². The van der Waals surface area contributed by atoms with Crippen LogP contribution in [0.1, 0.15) is 43.1 Å². The predicted octanol–water partition coefficient (Wildman–Crippen LogP) is 4.88. The highest BCUT2D eigenvalue weighted by Gasteiger charge is 2.60. The Kier molecular flexibility index (Phi) is 11.0. The Morgan fingerprint density at radius 1 is 0.542 bits per heavy atom. The van der Waals surface area contributed by atoms with Crippen molar-refractivity contribution in [2.45, 2.75) is 119 Å². The number of benzene rings is 3. The molecule has 7 aliphatic rings. The summed E-state index contributed by atoms with van der Waals surface area (Å²) in [6, 6.07) is 28.7. The van der Waals surface area contributed by atoms with Gasteiger partial charge in [-0.05, 0) is 12.5 Å². The van der Waals surface area contributed by atoms with Crippen molar-refractivity contribution in [2.24, 2.45) is 5.92 Å². The minimum absolute atomic E-state index is 0.0452. The van der Waals surface area contributed by atoms with E-state index in [1.54, 1.807) is 0 Å². The van der Waals surface area contributed by atoms with Crippen LogP contribution in [0.25, 0.3) is 0 Å². The lowest BCUT2D eigenvalue weighted by atomic mass is 9.88. The summed E-state index contributed by atoms with van der Waals surface area (Å²) in [5.74, 6) is -0.236. The lowest BCUT2D eigenvalue weighted by molar-refractivity contribution is -0.368. The number of fused-ring (bicyclic) bond motifs is 6. The lowest BCUT2D eigenvalue weighted by Gasteiger charge is -2.49. The zero-order valence-electron chi connectivity index (χ0n) is 32.3. The smallest absolute Gasteiger partial charge is 0.424 e. The maximum atomic E-state index is 12.7. The Morgan fingerprint density at radius 2 is 1.05 bits per heavy atom. The van der Waals surface area contributed by atoms with Gasteiger partial charge in [0.1, 0.15) is 36.6 Å². The van der Waals surface area contributed by atoms with Gasteiger partial charge < -0.3 is 66.3 Å². The fourth-order valence-corrected chi connectivity index (χ4v) is 8.82. The summed E-state index contributed by atoms with van der Waals surface area (Å²) in [4.78, 5) is 25.3. The zero-order chi connectivity index (χ0) is 40.0. The number of hydrogen-bond donors (Lipinski definition) is 0. The quantitative estimate of drug-likeness (QED) is 0.254. The van der Waals surface area contributed by atoms with Crippen molar-refractivity contribution in [2.75, 3.05) is 19.8 Å².